The van der Waals surface area contributed by atoms with Crippen LogP contribution in [0, 0.1) is 23.7 Å². The zero-order valence-corrected chi connectivity index (χ0v) is 58.9. The highest BCUT2D eigenvalue weighted by atomic mass is 79.9. The van der Waals surface area contributed by atoms with Crippen molar-refractivity contribution in [1.82, 2.24) is 0 Å². The second-order valence-electron chi connectivity index (χ2n) is 27.1. The number of carbonyl (C=O) groups is 3. The van der Waals surface area contributed by atoms with Crippen molar-refractivity contribution in [3.63, 3.8) is 0 Å². The predicted octanol–water partition coefficient (Wildman–Crippen LogP) is 14.9. The zero-order valence-electron chi connectivity index (χ0n) is 54.3. The quantitative estimate of drug-likeness (QED) is 0.0164. The molecule has 0 fully saturated rings. The average Bonchev–Trinajstić information content (AvgIpc) is 1.47. The molecule has 1 N–H and O–H groups in total. The van der Waals surface area contributed by atoms with Gasteiger partial charge in [-0.05, 0) is 117 Å². The third-order valence-corrected chi connectivity index (χ3v) is 32.4. The first kappa shape index (κ1) is 70.7. The first-order valence-electron chi connectivity index (χ1n) is 30.2. The van der Waals surface area contributed by atoms with Gasteiger partial charge in [-0.15, -0.1) is 0 Å². The van der Waals surface area contributed by atoms with E-state index in [4.69, 9.17) is 22.8 Å². The van der Waals surface area contributed by atoms with Crippen LogP contribution in [0.15, 0.2) is 191 Å². The van der Waals surface area contributed by atoms with Crippen LogP contribution in [0.3, 0.4) is 0 Å². The lowest BCUT2D eigenvalue weighted by molar-refractivity contribution is -0.187. The largest absolute Gasteiger partial charge is 0.466 e. The molecular formula is C72H99BrO9Si3. The van der Waals surface area contributed by atoms with E-state index in [2.05, 4.69) is 208 Å². The van der Waals surface area contributed by atoms with Gasteiger partial charge in [-0.2, -0.15) is 0 Å². The average molecular weight is 1270 g/mol. The molecule has 13 heteroatoms. The molecule has 5 rings (SSSR count). The summed E-state index contributed by atoms with van der Waals surface area (Å²) < 4.78 is 34.9. The number of allylic oxidation sites excluding steroid dienone is 6. The fourth-order valence-corrected chi connectivity index (χ4v) is 22.3. The number of carbonyl (C=O) groups excluding carboxylic acids is 3. The van der Waals surface area contributed by atoms with Crippen molar-refractivity contribution < 1.29 is 42.2 Å². The predicted molar refractivity (Wildman–Crippen MR) is 362 cm³/mol. The lowest BCUT2D eigenvalue weighted by Crippen LogP contribution is -2.68. The van der Waals surface area contributed by atoms with E-state index in [0.29, 0.717) is 18.6 Å². The van der Waals surface area contributed by atoms with Crippen molar-refractivity contribution in [3.05, 3.63) is 191 Å². The Hall–Kier alpha value is -5.10. The van der Waals surface area contributed by atoms with E-state index in [1.165, 1.54) is 7.11 Å². The number of ether oxygens (including phenoxy) is 2. The highest BCUT2D eigenvalue weighted by Crippen LogP contribution is 2.45. The Kier molecular flexibility index (Phi) is 25.1. The van der Waals surface area contributed by atoms with Crippen LogP contribution in [0.4, 0.5) is 0 Å². The number of halogens is 1. The Morgan fingerprint density at radius 3 is 1.64 bits per heavy atom. The minimum atomic E-state index is -3.05. The van der Waals surface area contributed by atoms with Gasteiger partial charge in [0.15, 0.2) is 14.1 Å². The summed E-state index contributed by atoms with van der Waals surface area (Å²) in [6.07, 6.45) is 13.6. The first-order valence-corrected chi connectivity index (χ1v) is 37.7. The molecule has 0 heterocycles. The minimum Gasteiger partial charge on any atom is -0.466 e. The molecule has 0 bridgehead atoms. The maximum Gasteiger partial charge on any atom is 0.351 e. The molecule has 1 aliphatic carbocycles. The summed E-state index contributed by atoms with van der Waals surface area (Å²) >= 11 is 3.85. The Bertz CT molecular complexity index is 2960. The number of ketones is 1. The van der Waals surface area contributed by atoms with Crippen molar-refractivity contribution >= 4 is 79.4 Å². The molecule has 0 aliphatic heterocycles. The Labute approximate surface area is 522 Å². The van der Waals surface area contributed by atoms with Gasteiger partial charge in [0.1, 0.15) is 6.42 Å². The summed E-state index contributed by atoms with van der Waals surface area (Å²) in [6.45, 7) is 37.1. The third kappa shape index (κ3) is 17.6. The highest BCUT2D eigenvalue weighted by molar-refractivity contribution is 9.11. The van der Waals surface area contributed by atoms with Crippen LogP contribution in [0.2, 0.25) is 28.2 Å². The summed E-state index contributed by atoms with van der Waals surface area (Å²) in [5, 5.41) is 13.6. The van der Waals surface area contributed by atoms with Gasteiger partial charge in [0.05, 0.1) is 33.0 Å². The van der Waals surface area contributed by atoms with E-state index in [9.17, 15) is 19.5 Å². The second kappa shape index (κ2) is 30.2. The topological polar surface area (TPSA) is 118 Å². The van der Waals surface area contributed by atoms with Crippen LogP contribution in [0.1, 0.15) is 123 Å². The number of esters is 2. The highest BCUT2D eigenvalue weighted by Gasteiger charge is 2.55. The molecule has 0 radical (unpaired) electrons. The van der Waals surface area contributed by atoms with Crippen molar-refractivity contribution in [2.75, 3.05) is 26.9 Å². The van der Waals surface area contributed by atoms with Gasteiger partial charge >= 0.3 is 11.9 Å². The smallest absolute Gasteiger partial charge is 0.351 e. The van der Waals surface area contributed by atoms with Crippen LogP contribution in [-0.2, 0) is 37.1 Å². The fourth-order valence-electron chi connectivity index (χ4n) is 11.7. The van der Waals surface area contributed by atoms with E-state index >= 15 is 0 Å². The monoisotopic (exact) mass is 1270 g/mol. The van der Waals surface area contributed by atoms with Gasteiger partial charge in [-0.3, -0.25) is 9.59 Å². The van der Waals surface area contributed by atoms with E-state index in [1.54, 1.807) is 13.0 Å². The van der Waals surface area contributed by atoms with Gasteiger partial charge in [-0.1, -0.05) is 262 Å². The Morgan fingerprint density at radius 1 is 0.706 bits per heavy atom. The molecule has 1 unspecified atom stereocenters. The van der Waals surface area contributed by atoms with E-state index in [1.807, 2.05) is 75.4 Å². The molecule has 460 valence electrons. The maximum atomic E-state index is 14.6. The molecule has 4 aromatic rings. The Morgan fingerprint density at radius 2 is 1.19 bits per heavy atom. The third-order valence-electron chi connectivity index (χ3n) is 17.4. The van der Waals surface area contributed by atoms with Crippen LogP contribution in [-0.4, -0.2) is 86.4 Å². The summed E-state index contributed by atoms with van der Waals surface area (Å²) in [5.41, 5.74) is 1.41. The normalized spacial score (nSPS) is 19.3. The van der Waals surface area contributed by atoms with Gasteiger partial charge in [0, 0.05) is 16.8 Å². The molecule has 9 nitrogen and oxygen atoms in total. The molecule has 4 aromatic carbocycles. The number of hydrogen-bond donors (Lipinski definition) is 1. The van der Waals surface area contributed by atoms with E-state index in [0.717, 1.165) is 41.9 Å². The number of Topliss-reactive ketones (excluding diaryl/α,β-unsaturated/α-hetero) is 1. The van der Waals surface area contributed by atoms with E-state index < -0.39 is 60.6 Å². The number of aliphatic hydroxyl groups excluding tert-OH is 1. The molecule has 0 aromatic heterocycles. The van der Waals surface area contributed by atoms with Crippen LogP contribution in [0.25, 0.3) is 0 Å². The summed E-state index contributed by atoms with van der Waals surface area (Å²) in [5.74, 6) is -3.14. The van der Waals surface area contributed by atoms with Gasteiger partial charge in [0.25, 0.3) is 16.6 Å². The summed E-state index contributed by atoms with van der Waals surface area (Å²) in [4.78, 5) is 43.5. The van der Waals surface area contributed by atoms with Crippen molar-refractivity contribution in [1.29, 1.82) is 0 Å². The fraction of sp³-hybridized carbons (Fsp3) is 0.458. The number of rotatable bonds is 26. The number of aliphatic hydroxyl groups is 1. The SMILES string of the molecule is COC(=O)[C@]1(OC(=O)CC(=O)/C(C)=C/[C@@H](C)C[C@H](C)[C@@H](/C=C(Br)/C=C/C(C)=C/CO)O[Si](c2ccccc2)(c2ccccc2)C(C)(C)C)CC(C)C(CO[Si](c2ccccc2)(c2ccccc2)C(C)(C)C)=C[C@H]1/C=C(\C)CO[Si](C)(C)C(C)(C)C. The minimum absolute atomic E-state index is 0.0346. The van der Waals surface area contributed by atoms with Gasteiger partial charge in [-0.25, -0.2) is 4.79 Å². The first-order chi connectivity index (χ1) is 39.8. The number of methoxy groups -OCH3 is 1. The molecule has 85 heavy (non-hydrogen) atoms. The van der Waals surface area contributed by atoms with Crippen LogP contribution < -0.4 is 20.7 Å². The molecule has 0 amide bonds. The van der Waals surface area contributed by atoms with E-state index in [-0.39, 0.29) is 58.6 Å². The molecule has 6 atom stereocenters. The lowest BCUT2D eigenvalue weighted by Gasteiger charge is -2.46. The summed E-state index contributed by atoms with van der Waals surface area (Å²) in [7, 11) is -6.91. The number of hydrogen-bond acceptors (Lipinski definition) is 9. The molecule has 0 saturated carbocycles. The zero-order chi connectivity index (χ0) is 63.2. The van der Waals surface area contributed by atoms with Gasteiger partial charge < -0.3 is 27.9 Å². The molecule has 0 spiro atoms. The lowest BCUT2D eigenvalue weighted by atomic mass is 9.71. The van der Waals surface area contributed by atoms with Crippen molar-refractivity contribution in [2.45, 2.75) is 163 Å². The standard InChI is InChI=1S/C72H99BrO9Si3/c1-52(41-42-74)39-40-60(73)47-66(82-85(71(13,14)15,63-35-27-21-28-36-63)64-37-29-22-30-38-64)56(5)44-53(2)43-55(4)65(75)48-67(76)81-72(68(77)78-16)49-57(6)58(46-59(72)45-54(3)50-79-83(17,18)69(7,8)9)51-80-84(70(10,11)12,61-31-23-19-24-32-61)62-33-25-20-26-34-62/h19-41,43,45-47,53,56-57,59,66,74H,42,44,48-51H2,1-18H3/b40-39+,52-41+,54-45+,55-43+,60-47-/t53-,56+,57?,59-,66-,72+/m1/s1. The van der Waals surface area contributed by atoms with Crippen molar-refractivity contribution in [3.8, 4) is 0 Å². The van der Waals surface area contributed by atoms with Gasteiger partial charge in [0.2, 0.25) is 5.60 Å². The molecular weight excluding hydrogens is 1170 g/mol. The van der Waals surface area contributed by atoms with Crippen LogP contribution in [0.5, 0.6) is 0 Å². The van der Waals surface area contributed by atoms with Crippen molar-refractivity contribution in [2.24, 2.45) is 23.7 Å². The number of benzene rings is 4. The van der Waals surface area contributed by atoms with Crippen LogP contribution >= 0.6 is 15.9 Å². The molecule has 0 saturated heterocycles. The molecule has 1 aliphatic rings. The maximum absolute atomic E-state index is 14.6. The second-order valence-corrected chi connectivity index (χ2v) is 41.4. The summed E-state index contributed by atoms with van der Waals surface area (Å²) in [6, 6.07) is 42.2. The Balaban J connectivity index is 1.50.